The Bertz CT molecular complexity index is 1230. The molecule has 0 radical (unpaired) electrons. The quantitative estimate of drug-likeness (QED) is 0.543. The summed E-state index contributed by atoms with van der Waals surface area (Å²) >= 11 is 0. The molecule has 2 aromatic carbocycles. The van der Waals surface area contributed by atoms with Crippen molar-refractivity contribution in [2.24, 2.45) is 0 Å². The van der Waals surface area contributed by atoms with Gasteiger partial charge in [-0.1, -0.05) is 42.5 Å². The van der Waals surface area contributed by atoms with E-state index in [4.69, 9.17) is 0 Å². The minimum absolute atomic E-state index is 0.00120. The Balaban J connectivity index is 1.27. The highest BCUT2D eigenvalue weighted by Gasteiger charge is 2.54. The summed E-state index contributed by atoms with van der Waals surface area (Å²) in [5.41, 5.74) is 1.73. The number of likely N-dealkylation sites (tertiary alicyclic amines) is 1. The summed E-state index contributed by atoms with van der Waals surface area (Å²) in [5, 5.41) is 2.92. The highest BCUT2D eigenvalue weighted by Crippen LogP contribution is 2.39. The molecule has 0 atom stereocenters. The van der Waals surface area contributed by atoms with Gasteiger partial charge in [-0.15, -0.1) is 0 Å². The largest absolute Gasteiger partial charge is 0.354 e. The van der Waals surface area contributed by atoms with Gasteiger partial charge in [0.2, 0.25) is 5.91 Å². The number of piperidine rings is 1. The smallest absolute Gasteiger partial charge is 0.253 e. The van der Waals surface area contributed by atoms with Crippen LogP contribution in [0, 0.1) is 0 Å². The SMILES string of the molecule is O=C(CN1CN(c2ccccc2)C2(CCN(C(=O)c3ccccc3)CC2)C1=O)NCCc1ccccn1. The van der Waals surface area contributed by atoms with Gasteiger partial charge in [-0.3, -0.25) is 19.4 Å². The lowest BCUT2D eigenvalue weighted by molar-refractivity contribution is -0.137. The van der Waals surface area contributed by atoms with E-state index in [9.17, 15) is 14.4 Å². The van der Waals surface area contributed by atoms with E-state index in [0.717, 1.165) is 11.4 Å². The molecule has 0 bridgehead atoms. The van der Waals surface area contributed by atoms with Crippen LogP contribution < -0.4 is 10.2 Å². The van der Waals surface area contributed by atoms with E-state index in [0.29, 0.717) is 51.1 Å². The zero-order valence-electron chi connectivity index (χ0n) is 20.8. The predicted octanol–water partition coefficient (Wildman–Crippen LogP) is 2.72. The van der Waals surface area contributed by atoms with E-state index in [2.05, 4.69) is 15.2 Å². The predicted molar refractivity (Wildman–Crippen MR) is 141 cm³/mol. The third-order valence-corrected chi connectivity index (χ3v) is 7.24. The molecule has 2 aliphatic rings. The first kappa shape index (κ1) is 24.5. The van der Waals surface area contributed by atoms with Crippen LogP contribution >= 0.6 is 0 Å². The lowest BCUT2D eigenvalue weighted by Gasteiger charge is -2.43. The van der Waals surface area contributed by atoms with Crippen molar-refractivity contribution in [3.8, 4) is 0 Å². The van der Waals surface area contributed by atoms with Crippen molar-refractivity contribution in [3.63, 3.8) is 0 Å². The molecule has 3 heterocycles. The average Bonchev–Trinajstić information content (AvgIpc) is 3.20. The van der Waals surface area contributed by atoms with Crippen LogP contribution in [0.4, 0.5) is 5.69 Å². The van der Waals surface area contributed by atoms with Gasteiger partial charge < -0.3 is 20.0 Å². The van der Waals surface area contributed by atoms with Gasteiger partial charge in [0.1, 0.15) is 12.1 Å². The maximum absolute atomic E-state index is 13.8. The van der Waals surface area contributed by atoms with Crippen molar-refractivity contribution in [1.82, 2.24) is 20.1 Å². The van der Waals surface area contributed by atoms with Gasteiger partial charge in [0.15, 0.2) is 0 Å². The number of para-hydroxylation sites is 1. The summed E-state index contributed by atoms with van der Waals surface area (Å²) in [6.45, 7) is 1.75. The number of rotatable bonds is 7. The molecular weight excluding hydrogens is 466 g/mol. The van der Waals surface area contributed by atoms with E-state index >= 15 is 0 Å². The number of hydrogen-bond donors (Lipinski definition) is 1. The van der Waals surface area contributed by atoms with E-state index < -0.39 is 5.54 Å². The highest BCUT2D eigenvalue weighted by molar-refractivity contribution is 5.97. The molecule has 37 heavy (non-hydrogen) atoms. The summed E-state index contributed by atoms with van der Waals surface area (Å²) in [5.74, 6) is -0.259. The Hall–Kier alpha value is -4.20. The second kappa shape index (κ2) is 10.8. The molecular formula is C29H31N5O3. The molecule has 0 unspecified atom stereocenters. The molecule has 0 saturated carbocycles. The maximum atomic E-state index is 13.8. The van der Waals surface area contributed by atoms with Crippen LogP contribution in [0.3, 0.4) is 0 Å². The molecule has 190 valence electrons. The lowest BCUT2D eigenvalue weighted by Crippen LogP contribution is -2.57. The molecule has 1 N–H and O–H groups in total. The maximum Gasteiger partial charge on any atom is 0.253 e. The van der Waals surface area contributed by atoms with Gasteiger partial charge in [-0.05, 0) is 49.2 Å². The number of carbonyl (C=O) groups is 3. The third kappa shape index (κ3) is 5.18. The van der Waals surface area contributed by atoms with Crippen LogP contribution in [0.1, 0.15) is 28.9 Å². The number of nitrogens with zero attached hydrogens (tertiary/aromatic N) is 4. The van der Waals surface area contributed by atoms with E-state index in [1.54, 1.807) is 11.1 Å². The molecule has 2 fully saturated rings. The van der Waals surface area contributed by atoms with Crippen molar-refractivity contribution in [2.45, 2.75) is 24.8 Å². The molecule has 3 aromatic rings. The fraction of sp³-hybridized carbons (Fsp3) is 0.310. The van der Waals surface area contributed by atoms with Crippen LogP contribution in [0.5, 0.6) is 0 Å². The summed E-state index contributed by atoms with van der Waals surface area (Å²) < 4.78 is 0. The summed E-state index contributed by atoms with van der Waals surface area (Å²) in [7, 11) is 0. The first-order valence-corrected chi connectivity index (χ1v) is 12.7. The topological polar surface area (TPSA) is 85.9 Å². The van der Waals surface area contributed by atoms with Gasteiger partial charge in [0.05, 0.1) is 6.67 Å². The number of benzene rings is 2. The van der Waals surface area contributed by atoms with Gasteiger partial charge in [-0.2, -0.15) is 0 Å². The Kier molecular flexibility index (Phi) is 7.16. The van der Waals surface area contributed by atoms with Crippen molar-refractivity contribution >= 4 is 23.4 Å². The number of carbonyl (C=O) groups excluding carboxylic acids is 3. The van der Waals surface area contributed by atoms with Crippen LogP contribution in [-0.2, 0) is 16.0 Å². The molecule has 1 aromatic heterocycles. The average molecular weight is 498 g/mol. The monoisotopic (exact) mass is 497 g/mol. The second-order valence-corrected chi connectivity index (χ2v) is 9.52. The molecule has 8 heteroatoms. The number of amides is 3. The molecule has 2 aliphatic heterocycles. The van der Waals surface area contributed by atoms with Gasteiger partial charge in [-0.25, -0.2) is 0 Å². The minimum atomic E-state index is -0.775. The first-order valence-electron chi connectivity index (χ1n) is 12.7. The van der Waals surface area contributed by atoms with Gasteiger partial charge >= 0.3 is 0 Å². The van der Waals surface area contributed by atoms with Crippen LogP contribution in [0.2, 0.25) is 0 Å². The van der Waals surface area contributed by atoms with E-state index in [-0.39, 0.29) is 24.3 Å². The molecule has 1 spiro atoms. The first-order chi connectivity index (χ1) is 18.1. The minimum Gasteiger partial charge on any atom is -0.354 e. The summed E-state index contributed by atoms with van der Waals surface area (Å²) in [6.07, 6.45) is 3.39. The van der Waals surface area contributed by atoms with E-state index in [1.807, 2.05) is 83.8 Å². The van der Waals surface area contributed by atoms with Crippen LogP contribution in [0.25, 0.3) is 0 Å². The summed E-state index contributed by atoms with van der Waals surface area (Å²) in [6, 6.07) is 24.8. The Morgan fingerprint density at radius 3 is 2.24 bits per heavy atom. The van der Waals surface area contributed by atoms with Crippen molar-refractivity contribution in [2.75, 3.05) is 37.7 Å². The zero-order valence-corrected chi connectivity index (χ0v) is 20.8. The number of pyridine rings is 1. The number of hydrogen-bond acceptors (Lipinski definition) is 5. The number of anilines is 1. The normalized spacial score (nSPS) is 16.8. The Labute approximate surface area is 216 Å². The zero-order chi connectivity index (χ0) is 25.7. The number of aromatic nitrogens is 1. The third-order valence-electron chi connectivity index (χ3n) is 7.24. The molecule has 0 aliphatic carbocycles. The Morgan fingerprint density at radius 1 is 0.892 bits per heavy atom. The molecule has 5 rings (SSSR count). The molecule has 2 saturated heterocycles. The molecule has 3 amide bonds. The Morgan fingerprint density at radius 2 is 1.57 bits per heavy atom. The standard InChI is InChI=1S/C29H31N5O3/c35-26(31-18-14-24-11-7-8-17-30-24)21-33-22-34(25-12-5-2-6-13-25)29(28(33)37)15-19-32(20-16-29)27(36)23-9-3-1-4-10-23/h1-13,17H,14-16,18-22H2,(H,31,35). The van der Waals surface area contributed by atoms with Crippen molar-refractivity contribution in [3.05, 3.63) is 96.3 Å². The van der Waals surface area contributed by atoms with Gasteiger partial charge in [0, 0.05) is 49.2 Å². The summed E-state index contributed by atoms with van der Waals surface area (Å²) in [4.78, 5) is 49.4. The van der Waals surface area contributed by atoms with Crippen molar-refractivity contribution < 1.29 is 14.4 Å². The lowest BCUT2D eigenvalue weighted by atomic mass is 9.85. The highest BCUT2D eigenvalue weighted by atomic mass is 16.2. The fourth-order valence-electron chi connectivity index (χ4n) is 5.27. The van der Waals surface area contributed by atoms with Crippen LogP contribution in [-0.4, -0.2) is 70.9 Å². The van der Waals surface area contributed by atoms with E-state index in [1.165, 1.54) is 0 Å². The fourth-order valence-corrected chi connectivity index (χ4v) is 5.27. The van der Waals surface area contributed by atoms with Gasteiger partial charge in [0.25, 0.3) is 11.8 Å². The molecule has 8 nitrogen and oxygen atoms in total. The number of nitrogens with one attached hydrogen (secondary N) is 1. The van der Waals surface area contributed by atoms with Crippen molar-refractivity contribution in [1.29, 1.82) is 0 Å². The second-order valence-electron chi connectivity index (χ2n) is 9.52. The van der Waals surface area contributed by atoms with Crippen LogP contribution in [0.15, 0.2) is 85.1 Å².